The third kappa shape index (κ3) is 3.75. The summed E-state index contributed by atoms with van der Waals surface area (Å²) in [6.07, 6.45) is 7.17. The van der Waals surface area contributed by atoms with E-state index in [-0.39, 0.29) is 22.9 Å². The smallest absolute Gasteiger partial charge is 0.307 e. The molecule has 0 amide bonds. The monoisotopic (exact) mass is 325 g/mol. The highest BCUT2D eigenvalue weighted by molar-refractivity contribution is 6.74. The molecule has 0 N–H and O–H groups in total. The van der Waals surface area contributed by atoms with E-state index in [4.69, 9.17) is 4.43 Å². The second kappa shape index (κ2) is 6.12. The van der Waals surface area contributed by atoms with E-state index >= 15 is 0 Å². The van der Waals surface area contributed by atoms with Gasteiger partial charge in [0.2, 0.25) is 0 Å². The minimum absolute atomic E-state index is 0.0624. The van der Waals surface area contributed by atoms with Crippen LogP contribution in [0, 0.1) is 10.1 Å². The molecule has 1 aromatic rings. The lowest BCUT2D eigenvalue weighted by Gasteiger charge is -2.41. The average molecular weight is 325 g/mol. The fraction of sp³-hybridized carbons (Fsp3) is 0.800. The van der Waals surface area contributed by atoms with Gasteiger partial charge in [0.25, 0.3) is 0 Å². The molecule has 0 saturated heterocycles. The van der Waals surface area contributed by atoms with Crippen LogP contribution in [0.5, 0.6) is 0 Å². The predicted octanol–water partition coefficient (Wildman–Crippen LogP) is 4.30. The standard InChI is InChI=1S/C15H27N3O3Si/c1-15(2,3)22(4,5)21-14-8-6-7-12(9-14)17-11-13(10-16-17)18(19)20/h10-12,14H,6-9H2,1-5H3. The van der Waals surface area contributed by atoms with Crippen LogP contribution in [0.4, 0.5) is 5.69 Å². The van der Waals surface area contributed by atoms with Crippen molar-refractivity contribution in [3.05, 3.63) is 22.5 Å². The normalized spacial score (nSPS) is 23.5. The summed E-state index contributed by atoms with van der Waals surface area (Å²) in [6.45, 7) is 11.3. The van der Waals surface area contributed by atoms with E-state index in [1.54, 1.807) is 10.9 Å². The molecule has 7 heteroatoms. The molecule has 0 bridgehead atoms. The summed E-state index contributed by atoms with van der Waals surface area (Å²) in [5, 5.41) is 15.2. The van der Waals surface area contributed by atoms with E-state index in [0.29, 0.717) is 0 Å². The van der Waals surface area contributed by atoms with Gasteiger partial charge in [-0.1, -0.05) is 20.8 Å². The van der Waals surface area contributed by atoms with Gasteiger partial charge in [0.05, 0.1) is 11.0 Å². The third-order valence-corrected chi connectivity index (χ3v) is 9.57. The molecular formula is C15H27N3O3Si. The van der Waals surface area contributed by atoms with Crippen LogP contribution in [0.25, 0.3) is 0 Å². The van der Waals surface area contributed by atoms with E-state index < -0.39 is 13.2 Å². The molecule has 6 nitrogen and oxygen atoms in total. The first kappa shape index (κ1) is 17.1. The molecule has 124 valence electrons. The Morgan fingerprint density at radius 1 is 1.41 bits per heavy atom. The quantitative estimate of drug-likeness (QED) is 0.470. The number of nitrogens with zero attached hydrogens (tertiary/aromatic N) is 3. The van der Waals surface area contributed by atoms with Crippen LogP contribution in [0.2, 0.25) is 18.1 Å². The largest absolute Gasteiger partial charge is 0.414 e. The molecule has 0 radical (unpaired) electrons. The average Bonchev–Trinajstić information content (AvgIpc) is 2.86. The van der Waals surface area contributed by atoms with E-state index in [1.807, 2.05) is 0 Å². The van der Waals surface area contributed by atoms with Crippen molar-refractivity contribution in [2.75, 3.05) is 0 Å². The van der Waals surface area contributed by atoms with Crippen LogP contribution in [-0.4, -0.2) is 29.1 Å². The van der Waals surface area contributed by atoms with Crippen molar-refractivity contribution in [1.82, 2.24) is 9.78 Å². The lowest BCUT2D eigenvalue weighted by molar-refractivity contribution is -0.385. The van der Waals surface area contributed by atoms with Crippen molar-refractivity contribution in [2.45, 2.75) is 76.7 Å². The molecule has 1 saturated carbocycles. The molecule has 2 atom stereocenters. The van der Waals surface area contributed by atoms with E-state index in [2.05, 4.69) is 39.0 Å². The Bertz CT molecular complexity index is 536. The molecule has 1 aliphatic rings. The van der Waals surface area contributed by atoms with Crippen LogP contribution >= 0.6 is 0 Å². The number of aromatic nitrogens is 2. The maximum atomic E-state index is 10.8. The van der Waals surface area contributed by atoms with Gasteiger partial charge < -0.3 is 4.43 Å². The summed E-state index contributed by atoms with van der Waals surface area (Å²) in [5.41, 5.74) is 0.0624. The molecule has 0 aromatic carbocycles. The number of hydrogen-bond donors (Lipinski definition) is 0. The maximum absolute atomic E-state index is 10.8. The highest BCUT2D eigenvalue weighted by Gasteiger charge is 2.40. The molecule has 2 unspecified atom stereocenters. The van der Waals surface area contributed by atoms with Gasteiger partial charge in [0.15, 0.2) is 8.32 Å². The highest BCUT2D eigenvalue weighted by Crippen LogP contribution is 2.40. The van der Waals surface area contributed by atoms with Crippen LogP contribution < -0.4 is 0 Å². The van der Waals surface area contributed by atoms with Gasteiger partial charge in [-0.15, -0.1) is 0 Å². The fourth-order valence-electron chi connectivity index (χ4n) is 2.68. The Hall–Kier alpha value is -1.21. The lowest BCUT2D eigenvalue weighted by atomic mass is 9.93. The Morgan fingerprint density at radius 2 is 2.09 bits per heavy atom. The van der Waals surface area contributed by atoms with Crippen molar-refractivity contribution in [3.8, 4) is 0 Å². The van der Waals surface area contributed by atoms with Crippen LogP contribution in [0.1, 0.15) is 52.5 Å². The SMILES string of the molecule is CC(C)(C)[Si](C)(C)OC1CCCC(n2cc([N+](=O)[O-])cn2)C1. The van der Waals surface area contributed by atoms with E-state index in [0.717, 1.165) is 25.7 Å². The molecule has 0 aliphatic heterocycles. The van der Waals surface area contributed by atoms with E-state index in [1.165, 1.54) is 6.20 Å². The Balaban J connectivity index is 2.04. The fourth-order valence-corrected chi connectivity index (χ4v) is 4.08. The summed E-state index contributed by atoms with van der Waals surface area (Å²) >= 11 is 0. The Morgan fingerprint density at radius 3 is 2.64 bits per heavy atom. The van der Waals surface area contributed by atoms with Crippen molar-refractivity contribution in [2.24, 2.45) is 0 Å². The number of hydrogen-bond acceptors (Lipinski definition) is 4. The van der Waals surface area contributed by atoms with Gasteiger partial charge in [-0.05, 0) is 43.8 Å². The Kier molecular flexibility index (Phi) is 4.77. The van der Waals surface area contributed by atoms with Gasteiger partial charge in [0, 0.05) is 6.10 Å². The second-order valence-corrected chi connectivity index (χ2v) is 12.5. The van der Waals surface area contributed by atoms with Crippen molar-refractivity contribution < 1.29 is 9.35 Å². The topological polar surface area (TPSA) is 70.2 Å². The van der Waals surface area contributed by atoms with Gasteiger partial charge in [-0.3, -0.25) is 14.8 Å². The summed E-state index contributed by atoms with van der Waals surface area (Å²) in [7, 11) is -1.77. The summed E-state index contributed by atoms with van der Waals surface area (Å²) in [5.74, 6) is 0. The van der Waals surface area contributed by atoms with Gasteiger partial charge in [-0.2, -0.15) is 5.10 Å². The maximum Gasteiger partial charge on any atom is 0.307 e. The van der Waals surface area contributed by atoms with Crippen LogP contribution in [-0.2, 0) is 4.43 Å². The zero-order valence-corrected chi connectivity index (χ0v) is 15.2. The minimum atomic E-state index is -1.77. The minimum Gasteiger partial charge on any atom is -0.414 e. The van der Waals surface area contributed by atoms with Gasteiger partial charge in [0.1, 0.15) is 12.4 Å². The van der Waals surface area contributed by atoms with Gasteiger partial charge in [-0.25, -0.2) is 0 Å². The second-order valence-electron chi connectivity index (χ2n) is 7.76. The molecule has 1 fully saturated rings. The highest BCUT2D eigenvalue weighted by atomic mass is 28.4. The third-order valence-electron chi connectivity index (χ3n) is 5.04. The number of nitro groups is 1. The molecule has 2 rings (SSSR count). The van der Waals surface area contributed by atoms with Crippen LogP contribution in [0.3, 0.4) is 0 Å². The van der Waals surface area contributed by atoms with Crippen molar-refractivity contribution in [1.29, 1.82) is 0 Å². The predicted molar refractivity (Wildman–Crippen MR) is 88.5 cm³/mol. The molecular weight excluding hydrogens is 298 g/mol. The van der Waals surface area contributed by atoms with Crippen LogP contribution in [0.15, 0.2) is 12.4 Å². The van der Waals surface area contributed by atoms with Crippen molar-refractivity contribution in [3.63, 3.8) is 0 Å². The first-order valence-electron chi connectivity index (χ1n) is 7.96. The summed E-state index contributed by atoms with van der Waals surface area (Å²) in [6, 6.07) is 0.206. The summed E-state index contributed by atoms with van der Waals surface area (Å²) < 4.78 is 8.26. The molecule has 0 spiro atoms. The molecule has 1 heterocycles. The first-order chi connectivity index (χ1) is 10.1. The van der Waals surface area contributed by atoms with Gasteiger partial charge >= 0.3 is 5.69 Å². The lowest BCUT2D eigenvalue weighted by Crippen LogP contribution is -2.45. The molecule has 22 heavy (non-hydrogen) atoms. The first-order valence-corrected chi connectivity index (χ1v) is 10.9. The number of rotatable bonds is 4. The molecule has 1 aliphatic carbocycles. The van der Waals surface area contributed by atoms with Crippen molar-refractivity contribution >= 4 is 14.0 Å². The zero-order chi connectivity index (χ0) is 16.5. The molecule has 1 aromatic heterocycles. The Labute approximate surface area is 133 Å². The zero-order valence-electron chi connectivity index (χ0n) is 14.2. The van der Waals surface area contributed by atoms with E-state index in [9.17, 15) is 10.1 Å². The summed E-state index contributed by atoms with van der Waals surface area (Å²) in [4.78, 5) is 10.4.